The zero-order valence-corrected chi connectivity index (χ0v) is 10.0. The summed E-state index contributed by atoms with van der Waals surface area (Å²) in [4.78, 5) is 0. The van der Waals surface area contributed by atoms with Crippen molar-refractivity contribution in [3.05, 3.63) is 0 Å². The molecule has 1 N–H and O–H groups in total. The molecule has 0 spiro atoms. The lowest BCUT2D eigenvalue weighted by Crippen LogP contribution is -2.46. The lowest BCUT2D eigenvalue weighted by Gasteiger charge is -2.45. The van der Waals surface area contributed by atoms with Crippen LogP contribution in [0.1, 0.15) is 59.3 Å². The summed E-state index contributed by atoms with van der Waals surface area (Å²) in [6.07, 6.45) is 8.71. The average Bonchev–Trinajstić information content (AvgIpc) is 2.47. The van der Waals surface area contributed by atoms with Gasteiger partial charge in [0.1, 0.15) is 0 Å². The van der Waals surface area contributed by atoms with Gasteiger partial charge in [0, 0.05) is 5.54 Å². The standard InChI is InChI=1S/C13H25N/c1-12(2)11(7-10-14-12)13(3)8-5-4-6-9-13/h11,14H,4-10H2,1-3H3. The molecule has 0 aromatic carbocycles. The van der Waals surface area contributed by atoms with E-state index in [0.29, 0.717) is 11.0 Å². The predicted molar refractivity (Wildman–Crippen MR) is 61.4 cm³/mol. The molecule has 1 atom stereocenters. The predicted octanol–water partition coefficient (Wildman–Crippen LogP) is 3.34. The molecule has 1 heteroatoms. The number of rotatable bonds is 1. The van der Waals surface area contributed by atoms with Crippen molar-refractivity contribution in [2.75, 3.05) is 6.54 Å². The van der Waals surface area contributed by atoms with Crippen LogP contribution in [-0.2, 0) is 0 Å². The van der Waals surface area contributed by atoms with E-state index in [0.717, 1.165) is 5.92 Å². The molecule has 2 aliphatic rings. The van der Waals surface area contributed by atoms with Crippen molar-refractivity contribution in [1.29, 1.82) is 0 Å². The van der Waals surface area contributed by atoms with Gasteiger partial charge in [-0.3, -0.25) is 0 Å². The summed E-state index contributed by atoms with van der Waals surface area (Å²) < 4.78 is 0. The summed E-state index contributed by atoms with van der Waals surface area (Å²) in [5, 5.41) is 3.67. The Morgan fingerprint density at radius 3 is 2.14 bits per heavy atom. The van der Waals surface area contributed by atoms with Crippen LogP contribution in [0.3, 0.4) is 0 Å². The quantitative estimate of drug-likeness (QED) is 0.676. The zero-order valence-electron chi connectivity index (χ0n) is 10.0. The molecule has 0 aromatic heterocycles. The van der Waals surface area contributed by atoms with E-state index >= 15 is 0 Å². The van der Waals surface area contributed by atoms with Crippen molar-refractivity contribution in [2.45, 2.75) is 64.8 Å². The molecule has 1 unspecified atom stereocenters. The second-order valence-electron chi connectivity index (χ2n) is 6.20. The Labute approximate surface area is 88.7 Å². The van der Waals surface area contributed by atoms with Gasteiger partial charge >= 0.3 is 0 Å². The largest absolute Gasteiger partial charge is 0.311 e. The summed E-state index contributed by atoms with van der Waals surface area (Å²) in [5.74, 6) is 0.898. The van der Waals surface area contributed by atoms with Gasteiger partial charge in [0.2, 0.25) is 0 Å². The van der Waals surface area contributed by atoms with Crippen LogP contribution in [0.2, 0.25) is 0 Å². The minimum atomic E-state index is 0.381. The molecule has 0 radical (unpaired) electrons. The topological polar surface area (TPSA) is 12.0 Å². The molecule has 1 aliphatic heterocycles. The average molecular weight is 195 g/mol. The molecule has 0 amide bonds. The molecule has 1 saturated carbocycles. The first-order valence-electron chi connectivity index (χ1n) is 6.30. The molecule has 2 fully saturated rings. The fourth-order valence-electron chi connectivity index (χ4n) is 3.95. The highest BCUT2D eigenvalue weighted by atomic mass is 15.0. The van der Waals surface area contributed by atoms with Gasteiger partial charge in [-0.2, -0.15) is 0 Å². The van der Waals surface area contributed by atoms with Crippen molar-refractivity contribution in [2.24, 2.45) is 11.3 Å². The van der Waals surface area contributed by atoms with E-state index in [4.69, 9.17) is 0 Å². The smallest absolute Gasteiger partial charge is 0.0158 e. The van der Waals surface area contributed by atoms with E-state index < -0.39 is 0 Å². The van der Waals surface area contributed by atoms with E-state index in [1.54, 1.807) is 0 Å². The summed E-state index contributed by atoms with van der Waals surface area (Å²) in [6, 6.07) is 0. The van der Waals surface area contributed by atoms with Gasteiger partial charge in [-0.25, -0.2) is 0 Å². The maximum atomic E-state index is 3.67. The van der Waals surface area contributed by atoms with Crippen LogP contribution in [-0.4, -0.2) is 12.1 Å². The van der Waals surface area contributed by atoms with Crippen molar-refractivity contribution >= 4 is 0 Å². The SMILES string of the molecule is CC1(C2CCNC2(C)C)CCCCC1. The lowest BCUT2D eigenvalue weighted by atomic mass is 9.62. The normalized spacial score (nSPS) is 35.8. The van der Waals surface area contributed by atoms with Gasteiger partial charge in [-0.1, -0.05) is 26.2 Å². The van der Waals surface area contributed by atoms with Crippen LogP contribution in [0.25, 0.3) is 0 Å². The van der Waals surface area contributed by atoms with Gasteiger partial charge in [0.15, 0.2) is 0 Å². The van der Waals surface area contributed by atoms with Crippen LogP contribution in [0, 0.1) is 11.3 Å². The van der Waals surface area contributed by atoms with E-state index in [1.165, 1.54) is 45.1 Å². The molecule has 2 rings (SSSR count). The Kier molecular flexibility index (Phi) is 2.63. The Morgan fingerprint density at radius 2 is 1.64 bits per heavy atom. The van der Waals surface area contributed by atoms with Gasteiger partial charge in [0.05, 0.1) is 0 Å². The molecular formula is C13H25N. The maximum Gasteiger partial charge on any atom is 0.0158 e. The fourth-order valence-corrected chi connectivity index (χ4v) is 3.95. The fraction of sp³-hybridized carbons (Fsp3) is 1.00. The summed E-state index contributed by atoms with van der Waals surface area (Å²) in [7, 11) is 0. The first-order valence-corrected chi connectivity index (χ1v) is 6.30. The maximum absolute atomic E-state index is 3.67. The third kappa shape index (κ3) is 1.71. The van der Waals surface area contributed by atoms with Gasteiger partial charge in [0.25, 0.3) is 0 Å². The molecule has 14 heavy (non-hydrogen) atoms. The lowest BCUT2D eigenvalue weighted by molar-refractivity contribution is 0.0791. The second-order valence-corrected chi connectivity index (χ2v) is 6.20. The third-order valence-corrected chi connectivity index (χ3v) is 4.72. The minimum absolute atomic E-state index is 0.381. The van der Waals surface area contributed by atoms with Gasteiger partial charge in [-0.15, -0.1) is 0 Å². The summed E-state index contributed by atoms with van der Waals surface area (Å²) in [6.45, 7) is 8.55. The van der Waals surface area contributed by atoms with Crippen LogP contribution in [0.5, 0.6) is 0 Å². The highest BCUT2D eigenvalue weighted by Crippen LogP contribution is 2.49. The molecule has 1 aliphatic carbocycles. The monoisotopic (exact) mass is 195 g/mol. The van der Waals surface area contributed by atoms with Crippen LogP contribution < -0.4 is 5.32 Å². The van der Waals surface area contributed by atoms with Crippen LogP contribution in [0.15, 0.2) is 0 Å². The molecule has 0 aromatic rings. The molecular weight excluding hydrogens is 170 g/mol. The molecule has 1 saturated heterocycles. The van der Waals surface area contributed by atoms with Crippen LogP contribution >= 0.6 is 0 Å². The Bertz CT molecular complexity index is 201. The van der Waals surface area contributed by atoms with Crippen molar-refractivity contribution in [3.8, 4) is 0 Å². The van der Waals surface area contributed by atoms with E-state index in [2.05, 4.69) is 26.1 Å². The van der Waals surface area contributed by atoms with Crippen LogP contribution in [0.4, 0.5) is 0 Å². The number of hydrogen-bond acceptors (Lipinski definition) is 1. The summed E-state index contributed by atoms with van der Waals surface area (Å²) in [5.41, 5.74) is 1.01. The molecule has 1 nitrogen and oxygen atoms in total. The number of hydrogen-bond donors (Lipinski definition) is 1. The highest BCUT2D eigenvalue weighted by molar-refractivity contribution is 5.01. The van der Waals surface area contributed by atoms with Crippen molar-refractivity contribution < 1.29 is 0 Å². The van der Waals surface area contributed by atoms with Gasteiger partial charge in [-0.05, 0) is 51.0 Å². The Hall–Kier alpha value is -0.0400. The van der Waals surface area contributed by atoms with E-state index in [-0.39, 0.29) is 0 Å². The van der Waals surface area contributed by atoms with Crippen molar-refractivity contribution in [3.63, 3.8) is 0 Å². The van der Waals surface area contributed by atoms with Gasteiger partial charge < -0.3 is 5.32 Å². The molecule has 0 bridgehead atoms. The van der Waals surface area contributed by atoms with E-state index in [9.17, 15) is 0 Å². The Balaban J connectivity index is 2.12. The zero-order chi connectivity index (χ0) is 10.2. The molecule has 1 heterocycles. The highest BCUT2D eigenvalue weighted by Gasteiger charge is 2.46. The minimum Gasteiger partial charge on any atom is -0.311 e. The molecule has 82 valence electrons. The van der Waals surface area contributed by atoms with Crippen molar-refractivity contribution in [1.82, 2.24) is 5.32 Å². The van der Waals surface area contributed by atoms with E-state index in [1.807, 2.05) is 0 Å². The third-order valence-electron chi connectivity index (χ3n) is 4.72. The summed E-state index contributed by atoms with van der Waals surface area (Å²) >= 11 is 0. The Morgan fingerprint density at radius 1 is 1.00 bits per heavy atom. The first-order chi connectivity index (χ1) is 6.55. The first kappa shape index (κ1) is 10.5. The second kappa shape index (κ2) is 3.52. The number of nitrogens with one attached hydrogen (secondary N) is 1.